The van der Waals surface area contributed by atoms with Gasteiger partial charge >= 0.3 is 0 Å². The van der Waals surface area contributed by atoms with E-state index >= 15 is 0 Å². The number of benzene rings is 3. The molecule has 0 fully saturated rings. The highest BCUT2D eigenvalue weighted by molar-refractivity contribution is 7.92. The highest BCUT2D eigenvalue weighted by Gasteiger charge is 2.19. The maximum atomic E-state index is 13.2. The predicted octanol–water partition coefficient (Wildman–Crippen LogP) is 4.54. The summed E-state index contributed by atoms with van der Waals surface area (Å²) >= 11 is 0. The number of hydrogen-bond acceptors (Lipinski definition) is 7. The van der Waals surface area contributed by atoms with Crippen LogP contribution in [0.3, 0.4) is 0 Å². The molecular weight excluding hydrogens is 465 g/mol. The van der Waals surface area contributed by atoms with E-state index in [1.807, 2.05) is 0 Å². The van der Waals surface area contributed by atoms with Gasteiger partial charge in [-0.1, -0.05) is 12.2 Å². The quantitative estimate of drug-likeness (QED) is 0.336. The monoisotopic (exact) mass is 489 g/mol. The molecule has 0 spiro atoms. The molecule has 8 nitrogen and oxygen atoms in total. The number of ether oxygens (including phenoxy) is 4. The molecule has 34 heavy (non-hydrogen) atoms. The van der Waals surface area contributed by atoms with E-state index in [4.69, 9.17) is 18.9 Å². The average Bonchev–Trinajstić information content (AvgIpc) is 2.83. The molecule has 180 valence electrons. The second-order valence-electron chi connectivity index (χ2n) is 6.97. The van der Waals surface area contributed by atoms with Crippen molar-refractivity contribution in [2.24, 2.45) is 0 Å². The van der Waals surface area contributed by atoms with E-state index in [1.54, 1.807) is 30.4 Å². The summed E-state index contributed by atoms with van der Waals surface area (Å²) in [6.45, 7) is 0. The van der Waals surface area contributed by atoms with Crippen LogP contribution >= 0.6 is 0 Å². The van der Waals surface area contributed by atoms with Gasteiger partial charge in [-0.15, -0.1) is 0 Å². The van der Waals surface area contributed by atoms with Gasteiger partial charge in [-0.2, -0.15) is 0 Å². The lowest BCUT2D eigenvalue weighted by atomic mass is 10.1. The number of halogens is 1. The number of sulfonamides is 1. The van der Waals surface area contributed by atoms with Crippen molar-refractivity contribution in [1.82, 2.24) is 0 Å². The zero-order valence-corrected chi connectivity index (χ0v) is 19.8. The molecule has 2 N–H and O–H groups in total. The van der Waals surface area contributed by atoms with Gasteiger partial charge in [-0.05, 0) is 59.7 Å². The second-order valence-corrected chi connectivity index (χ2v) is 8.65. The van der Waals surface area contributed by atoms with Crippen molar-refractivity contribution in [1.29, 1.82) is 0 Å². The van der Waals surface area contributed by atoms with Crippen molar-refractivity contribution in [2.75, 3.05) is 33.2 Å². The molecule has 10 heteroatoms. The molecule has 3 rings (SSSR count). The first kappa shape index (κ1) is 24.7. The number of phenols is 1. The fraction of sp³-hybridized carbons (Fsp3) is 0.167. The molecule has 0 bridgehead atoms. The van der Waals surface area contributed by atoms with Crippen LogP contribution in [0.1, 0.15) is 11.1 Å². The van der Waals surface area contributed by atoms with Crippen LogP contribution in [0, 0.1) is 5.82 Å². The molecule has 0 atom stereocenters. The maximum Gasteiger partial charge on any atom is 0.262 e. The summed E-state index contributed by atoms with van der Waals surface area (Å²) < 4.78 is 62.1. The third kappa shape index (κ3) is 5.34. The molecule has 0 aromatic heterocycles. The Balaban J connectivity index is 1.99. The largest absolute Gasteiger partial charge is 0.503 e. The molecule has 3 aromatic rings. The molecule has 0 radical (unpaired) electrons. The molecule has 0 aliphatic heterocycles. The summed E-state index contributed by atoms with van der Waals surface area (Å²) in [6.07, 6.45) is 3.44. The highest BCUT2D eigenvalue weighted by atomic mass is 32.2. The van der Waals surface area contributed by atoms with Crippen LogP contribution in [0.5, 0.6) is 28.7 Å². The Morgan fingerprint density at radius 2 is 1.29 bits per heavy atom. The summed E-state index contributed by atoms with van der Waals surface area (Å²) in [5.41, 5.74) is 1.14. The standard InChI is InChI=1S/C24H24FNO7S/c1-30-20-12-15(5-6-16-13-21(31-2)24(33-4)22(14-16)32-3)11-19(23(20)27)26-34(28,29)18-9-7-17(25)8-10-18/h5-14,26-27H,1-4H3/b6-5-. The van der Waals surface area contributed by atoms with Gasteiger partial charge in [-0.25, -0.2) is 12.8 Å². The van der Waals surface area contributed by atoms with E-state index in [2.05, 4.69) is 4.72 Å². The minimum Gasteiger partial charge on any atom is -0.503 e. The average molecular weight is 490 g/mol. The van der Waals surface area contributed by atoms with E-state index in [0.717, 1.165) is 29.8 Å². The number of phenolic OH excluding ortho intramolecular Hbond substituents is 1. The van der Waals surface area contributed by atoms with Crippen molar-refractivity contribution < 1.29 is 36.9 Å². The molecule has 0 saturated carbocycles. The smallest absolute Gasteiger partial charge is 0.262 e. The Morgan fingerprint density at radius 3 is 1.79 bits per heavy atom. The van der Waals surface area contributed by atoms with Gasteiger partial charge in [-0.3, -0.25) is 4.72 Å². The molecule has 0 amide bonds. The van der Waals surface area contributed by atoms with E-state index in [1.165, 1.54) is 34.5 Å². The van der Waals surface area contributed by atoms with Crippen molar-refractivity contribution >= 4 is 27.9 Å². The van der Waals surface area contributed by atoms with Gasteiger partial charge in [0.05, 0.1) is 39.0 Å². The second kappa shape index (κ2) is 10.3. The lowest BCUT2D eigenvalue weighted by Crippen LogP contribution is -2.13. The minimum atomic E-state index is -4.09. The molecule has 0 saturated heterocycles. The molecule has 0 unspecified atom stereocenters. The normalized spacial score (nSPS) is 11.3. The fourth-order valence-electron chi connectivity index (χ4n) is 3.17. The summed E-state index contributed by atoms with van der Waals surface area (Å²) in [7, 11) is 1.78. The van der Waals surface area contributed by atoms with Crippen molar-refractivity contribution in [3.63, 3.8) is 0 Å². The van der Waals surface area contributed by atoms with Gasteiger partial charge in [0.1, 0.15) is 5.82 Å². The van der Waals surface area contributed by atoms with Crippen LogP contribution in [0.4, 0.5) is 10.1 Å². The number of hydrogen-bond donors (Lipinski definition) is 2. The van der Waals surface area contributed by atoms with Crippen molar-refractivity contribution in [2.45, 2.75) is 4.90 Å². The number of anilines is 1. The van der Waals surface area contributed by atoms with Crippen LogP contribution < -0.4 is 23.7 Å². The number of rotatable bonds is 9. The zero-order chi connectivity index (χ0) is 24.9. The Bertz CT molecular complexity index is 1280. The third-order valence-corrected chi connectivity index (χ3v) is 6.22. The molecule has 0 aliphatic carbocycles. The Kier molecular flexibility index (Phi) is 7.52. The summed E-state index contributed by atoms with van der Waals surface area (Å²) in [5.74, 6) is 0.491. The lowest BCUT2D eigenvalue weighted by Gasteiger charge is -2.14. The van der Waals surface area contributed by atoms with E-state index < -0.39 is 21.6 Å². The number of aromatic hydroxyl groups is 1. The van der Waals surface area contributed by atoms with Crippen LogP contribution in [0.25, 0.3) is 12.2 Å². The Hall–Kier alpha value is -3.92. The molecule has 3 aromatic carbocycles. The lowest BCUT2D eigenvalue weighted by molar-refractivity contribution is 0.324. The van der Waals surface area contributed by atoms with Crippen molar-refractivity contribution in [3.05, 3.63) is 65.5 Å². The maximum absolute atomic E-state index is 13.2. The van der Waals surface area contributed by atoms with E-state index in [0.29, 0.717) is 22.8 Å². The highest BCUT2D eigenvalue weighted by Crippen LogP contribution is 2.40. The van der Waals surface area contributed by atoms with Crippen LogP contribution in [0.2, 0.25) is 0 Å². The van der Waals surface area contributed by atoms with Gasteiger partial charge in [0.15, 0.2) is 23.0 Å². The Labute approximate surface area is 197 Å². The van der Waals surface area contributed by atoms with Crippen LogP contribution in [0.15, 0.2) is 53.4 Å². The fourth-order valence-corrected chi connectivity index (χ4v) is 4.22. The minimum absolute atomic E-state index is 0.0591. The summed E-state index contributed by atoms with van der Waals surface area (Å²) in [4.78, 5) is -0.161. The van der Waals surface area contributed by atoms with Crippen molar-refractivity contribution in [3.8, 4) is 28.7 Å². The first-order chi connectivity index (χ1) is 16.2. The van der Waals surface area contributed by atoms with Crippen LogP contribution in [-0.4, -0.2) is 42.0 Å². The van der Waals surface area contributed by atoms with E-state index in [9.17, 15) is 17.9 Å². The van der Waals surface area contributed by atoms with Gasteiger partial charge < -0.3 is 24.1 Å². The van der Waals surface area contributed by atoms with Gasteiger partial charge in [0.2, 0.25) is 5.75 Å². The molecule has 0 heterocycles. The topological polar surface area (TPSA) is 103 Å². The third-order valence-electron chi connectivity index (χ3n) is 4.84. The predicted molar refractivity (Wildman–Crippen MR) is 127 cm³/mol. The van der Waals surface area contributed by atoms with Gasteiger partial charge in [0, 0.05) is 0 Å². The first-order valence-electron chi connectivity index (χ1n) is 9.90. The number of methoxy groups -OCH3 is 4. The Morgan fingerprint density at radius 1 is 0.794 bits per heavy atom. The van der Waals surface area contributed by atoms with Gasteiger partial charge in [0.25, 0.3) is 10.0 Å². The SMILES string of the molecule is COc1cc(/C=C\c2cc(OC)c(OC)c(OC)c2)cc(NS(=O)(=O)c2ccc(F)cc2)c1O. The molecular formula is C24H24FNO7S. The first-order valence-corrected chi connectivity index (χ1v) is 11.4. The molecule has 0 aliphatic rings. The van der Waals surface area contributed by atoms with Crippen LogP contribution in [-0.2, 0) is 10.0 Å². The summed E-state index contributed by atoms with van der Waals surface area (Å²) in [6, 6.07) is 10.8. The van der Waals surface area contributed by atoms with E-state index in [-0.39, 0.29) is 16.3 Å². The number of nitrogens with one attached hydrogen (secondary N) is 1. The zero-order valence-electron chi connectivity index (χ0n) is 19.0. The summed E-state index contributed by atoms with van der Waals surface area (Å²) in [5, 5.41) is 10.5.